The van der Waals surface area contributed by atoms with Crippen LogP contribution in [0.2, 0.25) is 0 Å². The van der Waals surface area contributed by atoms with Crippen molar-refractivity contribution in [3.8, 4) is 0 Å². The summed E-state index contributed by atoms with van der Waals surface area (Å²) in [7, 11) is 0. The van der Waals surface area contributed by atoms with Gasteiger partial charge in [-0.05, 0) is 43.4 Å². The van der Waals surface area contributed by atoms with E-state index in [9.17, 15) is 0 Å². The molecule has 0 bridgehead atoms. The van der Waals surface area contributed by atoms with Gasteiger partial charge in [0.15, 0.2) is 6.29 Å². The first-order valence-electron chi connectivity index (χ1n) is 9.78. The number of rotatable bonds is 4. The third-order valence-corrected chi connectivity index (χ3v) is 6.87. The van der Waals surface area contributed by atoms with Crippen LogP contribution in [0.5, 0.6) is 0 Å². The molecular weight excluding hydrogens is 288 g/mol. The summed E-state index contributed by atoms with van der Waals surface area (Å²) in [5, 5.41) is 0. The van der Waals surface area contributed by atoms with E-state index in [-0.39, 0.29) is 18.5 Å². The molecule has 0 N–H and O–H groups in total. The van der Waals surface area contributed by atoms with E-state index in [1.165, 1.54) is 0 Å². The van der Waals surface area contributed by atoms with Gasteiger partial charge in [0.1, 0.15) is 0 Å². The molecule has 0 spiro atoms. The summed E-state index contributed by atoms with van der Waals surface area (Å²) in [4.78, 5) is 0. The second-order valence-electron chi connectivity index (χ2n) is 8.14. The highest BCUT2D eigenvalue weighted by Gasteiger charge is 2.44. The zero-order chi connectivity index (χ0) is 17.3. The Morgan fingerprint density at radius 2 is 1.17 bits per heavy atom. The Balaban J connectivity index is 2.08. The molecule has 0 saturated carbocycles. The topological polar surface area (TPSA) is 27.7 Å². The van der Waals surface area contributed by atoms with Crippen LogP contribution in [0.3, 0.4) is 0 Å². The Kier molecular flexibility index (Phi) is 6.55. The van der Waals surface area contributed by atoms with Crippen molar-refractivity contribution < 1.29 is 14.2 Å². The van der Waals surface area contributed by atoms with Crippen LogP contribution in [0.15, 0.2) is 0 Å². The average molecular weight is 327 g/mol. The highest BCUT2D eigenvalue weighted by atomic mass is 16.7. The van der Waals surface area contributed by atoms with E-state index in [4.69, 9.17) is 14.2 Å². The van der Waals surface area contributed by atoms with Crippen LogP contribution in [-0.2, 0) is 14.2 Å². The van der Waals surface area contributed by atoms with Gasteiger partial charge >= 0.3 is 0 Å². The van der Waals surface area contributed by atoms with Crippen molar-refractivity contribution in [3.05, 3.63) is 0 Å². The van der Waals surface area contributed by atoms with E-state index in [0.29, 0.717) is 41.8 Å². The second-order valence-corrected chi connectivity index (χ2v) is 8.14. The molecule has 0 amide bonds. The normalized spacial score (nSPS) is 51.7. The maximum atomic E-state index is 6.54. The summed E-state index contributed by atoms with van der Waals surface area (Å²) >= 11 is 0. The predicted octanol–water partition coefficient (Wildman–Crippen LogP) is 4.88. The minimum absolute atomic E-state index is 0.102. The first kappa shape index (κ1) is 19.2. The molecule has 0 aliphatic carbocycles. The number of hydrogen-bond acceptors (Lipinski definition) is 3. The molecule has 2 aliphatic rings. The molecule has 0 aromatic rings. The smallest absolute Gasteiger partial charge is 0.161 e. The van der Waals surface area contributed by atoms with Crippen LogP contribution in [-0.4, -0.2) is 30.7 Å². The van der Waals surface area contributed by atoms with E-state index in [1.807, 2.05) is 0 Å². The number of ether oxygens (including phenoxy) is 3. The highest BCUT2D eigenvalue weighted by molar-refractivity contribution is 4.89. The van der Waals surface area contributed by atoms with Gasteiger partial charge in [-0.1, -0.05) is 48.5 Å². The maximum Gasteiger partial charge on any atom is 0.161 e. The van der Waals surface area contributed by atoms with Gasteiger partial charge in [-0.25, -0.2) is 0 Å². The maximum absolute atomic E-state index is 6.54. The van der Waals surface area contributed by atoms with Gasteiger partial charge in [0, 0.05) is 5.92 Å². The van der Waals surface area contributed by atoms with Gasteiger partial charge in [-0.2, -0.15) is 0 Å². The van der Waals surface area contributed by atoms with Gasteiger partial charge < -0.3 is 14.2 Å². The van der Waals surface area contributed by atoms with Crippen molar-refractivity contribution in [2.24, 2.45) is 29.6 Å². The molecule has 3 heteroatoms. The largest absolute Gasteiger partial charge is 0.372 e. The summed E-state index contributed by atoms with van der Waals surface area (Å²) in [6.07, 6.45) is 2.95. The van der Waals surface area contributed by atoms with E-state index >= 15 is 0 Å². The molecule has 2 rings (SSSR count). The standard InChI is InChI=1S/C20H38O3/c1-9-17-13(5)14(6)19(16(8)21-17)23-20-15(7)11(3)12(4)18(10-2)22-20/h11-20H,9-10H2,1-8H3/t11-,12-,13-,14-,15?,16+,17?,18?,19?,20-/m0/s1. The van der Waals surface area contributed by atoms with E-state index in [2.05, 4.69) is 55.4 Å². The summed E-state index contributed by atoms with van der Waals surface area (Å²) in [6.45, 7) is 18.1. The SMILES string of the molecule is CCC1O[C@@H](OC2[C@@H](C)[C@H](C)C(CC)O[C@@H]2C)C(C)[C@@H](C)[C@@H]1C. The van der Waals surface area contributed by atoms with Crippen LogP contribution in [0, 0.1) is 29.6 Å². The van der Waals surface area contributed by atoms with Crippen molar-refractivity contribution in [2.45, 2.75) is 98.9 Å². The quantitative estimate of drug-likeness (QED) is 0.736. The lowest BCUT2D eigenvalue weighted by Gasteiger charge is -2.48. The molecule has 2 aliphatic heterocycles. The van der Waals surface area contributed by atoms with Crippen LogP contribution in [0.4, 0.5) is 0 Å². The first-order valence-corrected chi connectivity index (χ1v) is 9.78. The molecule has 0 aromatic carbocycles. The molecule has 0 radical (unpaired) electrons. The van der Waals surface area contributed by atoms with Gasteiger partial charge in [0.05, 0.1) is 24.4 Å². The van der Waals surface area contributed by atoms with Crippen molar-refractivity contribution >= 4 is 0 Å². The molecule has 4 unspecified atom stereocenters. The van der Waals surface area contributed by atoms with Gasteiger partial charge in [-0.15, -0.1) is 0 Å². The first-order chi connectivity index (χ1) is 10.8. The third kappa shape index (κ3) is 3.77. The summed E-state index contributed by atoms with van der Waals surface area (Å²) < 4.78 is 19.1. The van der Waals surface area contributed by atoms with Gasteiger partial charge in [0.25, 0.3) is 0 Å². The van der Waals surface area contributed by atoms with Gasteiger partial charge in [0.2, 0.25) is 0 Å². The minimum Gasteiger partial charge on any atom is -0.372 e. The molecule has 0 aromatic heterocycles. The van der Waals surface area contributed by atoms with E-state index < -0.39 is 0 Å². The van der Waals surface area contributed by atoms with Crippen molar-refractivity contribution in [1.29, 1.82) is 0 Å². The number of hydrogen-bond donors (Lipinski definition) is 0. The summed E-state index contributed by atoms with van der Waals surface area (Å²) in [6, 6.07) is 0. The van der Waals surface area contributed by atoms with E-state index in [0.717, 1.165) is 12.8 Å². The lowest BCUT2D eigenvalue weighted by molar-refractivity contribution is -0.298. The Morgan fingerprint density at radius 1 is 0.652 bits per heavy atom. The molecule has 2 saturated heterocycles. The fourth-order valence-electron chi connectivity index (χ4n) is 4.51. The molecule has 2 heterocycles. The molecule has 3 nitrogen and oxygen atoms in total. The van der Waals surface area contributed by atoms with Crippen LogP contribution >= 0.6 is 0 Å². The zero-order valence-electron chi connectivity index (χ0n) is 16.4. The van der Waals surface area contributed by atoms with Crippen LogP contribution in [0.25, 0.3) is 0 Å². The van der Waals surface area contributed by atoms with Crippen LogP contribution in [0.1, 0.15) is 68.2 Å². The lowest BCUT2D eigenvalue weighted by atomic mass is 9.77. The van der Waals surface area contributed by atoms with Crippen molar-refractivity contribution in [3.63, 3.8) is 0 Å². The average Bonchev–Trinajstić information content (AvgIpc) is 2.54. The molecule has 136 valence electrons. The Labute approximate surface area is 143 Å². The minimum atomic E-state index is -0.102. The Morgan fingerprint density at radius 3 is 1.74 bits per heavy atom. The van der Waals surface area contributed by atoms with Crippen LogP contribution < -0.4 is 0 Å². The molecule has 2 fully saturated rings. The fraction of sp³-hybridized carbons (Fsp3) is 1.00. The van der Waals surface area contributed by atoms with E-state index in [1.54, 1.807) is 0 Å². The summed E-state index contributed by atoms with van der Waals surface area (Å²) in [5.74, 6) is 2.66. The molecule has 23 heavy (non-hydrogen) atoms. The van der Waals surface area contributed by atoms with Crippen molar-refractivity contribution in [1.82, 2.24) is 0 Å². The summed E-state index contributed by atoms with van der Waals surface area (Å²) in [5.41, 5.74) is 0. The van der Waals surface area contributed by atoms with Crippen molar-refractivity contribution in [2.75, 3.05) is 0 Å². The zero-order valence-corrected chi connectivity index (χ0v) is 16.4. The fourth-order valence-corrected chi connectivity index (χ4v) is 4.51. The molecular formula is C20H38O3. The predicted molar refractivity (Wildman–Crippen MR) is 94.3 cm³/mol. The Bertz CT molecular complexity index is 370. The highest BCUT2D eigenvalue weighted by Crippen LogP contribution is 2.40. The monoisotopic (exact) mass is 326 g/mol. The lowest BCUT2D eigenvalue weighted by Crippen LogP contribution is -2.53. The molecule has 10 atom stereocenters. The second kappa shape index (κ2) is 7.84. The Hall–Kier alpha value is -0.120. The van der Waals surface area contributed by atoms with Gasteiger partial charge in [-0.3, -0.25) is 0 Å². The third-order valence-electron chi connectivity index (χ3n) is 6.87.